The van der Waals surface area contributed by atoms with E-state index in [1.807, 2.05) is 0 Å². The fourth-order valence-corrected chi connectivity index (χ4v) is 2.66. The lowest BCUT2D eigenvalue weighted by Gasteiger charge is -2.34. The van der Waals surface area contributed by atoms with E-state index in [9.17, 15) is 9.18 Å². The van der Waals surface area contributed by atoms with Crippen molar-refractivity contribution >= 4 is 5.91 Å². The second-order valence-corrected chi connectivity index (χ2v) is 5.20. The number of hydrogen-bond donors (Lipinski definition) is 0. The highest BCUT2D eigenvalue weighted by Crippen LogP contribution is 2.27. The van der Waals surface area contributed by atoms with E-state index >= 15 is 0 Å². The first kappa shape index (κ1) is 13.0. The van der Waals surface area contributed by atoms with Gasteiger partial charge in [0.1, 0.15) is 0 Å². The highest BCUT2D eigenvalue weighted by Gasteiger charge is 2.27. The molecule has 1 saturated carbocycles. The number of rotatable bonds is 2. The van der Waals surface area contributed by atoms with E-state index in [-0.39, 0.29) is 17.5 Å². The van der Waals surface area contributed by atoms with Crippen LogP contribution in [0.3, 0.4) is 0 Å². The average Bonchev–Trinajstić information content (AvgIpc) is 2.37. The Hall–Kier alpha value is -1.45. The summed E-state index contributed by atoms with van der Waals surface area (Å²) in [5, 5.41) is 0. The maximum absolute atomic E-state index is 13.5. The van der Waals surface area contributed by atoms with Gasteiger partial charge in [-0.05, 0) is 24.8 Å². The molecule has 0 N–H and O–H groups in total. The van der Waals surface area contributed by atoms with Crippen LogP contribution in [0.4, 0.5) is 4.39 Å². The van der Waals surface area contributed by atoms with Crippen molar-refractivity contribution in [2.24, 2.45) is 5.92 Å². The van der Waals surface area contributed by atoms with Crippen LogP contribution in [0.5, 0.6) is 0 Å². The third kappa shape index (κ3) is 2.68. The highest BCUT2D eigenvalue weighted by molar-refractivity contribution is 5.94. The van der Waals surface area contributed by atoms with E-state index in [1.165, 1.54) is 18.7 Å². The van der Waals surface area contributed by atoms with Crippen LogP contribution < -0.4 is 0 Å². The van der Waals surface area contributed by atoms with Gasteiger partial charge in [0.25, 0.3) is 5.91 Å². The first-order valence-corrected chi connectivity index (χ1v) is 6.46. The summed E-state index contributed by atoms with van der Waals surface area (Å²) in [5.74, 6) is -0.145. The molecule has 1 fully saturated rings. The highest BCUT2D eigenvalue weighted by atomic mass is 19.1. The molecule has 0 bridgehead atoms. The topological polar surface area (TPSA) is 33.2 Å². The molecular formula is C14H19FN2O. The lowest BCUT2D eigenvalue weighted by Crippen LogP contribution is -2.40. The Morgan fingerprint density at radius 3 is 2.94 bits per heavy atom. The summed E-state index contributed by atoms with van der Waals surface area (Å²) in [6.07, 6.45) is 6.93. The minimum Gasteiger partial charge on any atom is -0.339 e. The molecule has 1 amide bonds. The normalized spacial score (nSPS) is 23.7. The Morgan fingerprint density at radius 1 is 1.50 bits per heavy atom. The molecule has 0 aliphatic heterocycles. The van der Waals surface area contributed by atoms with Crippen LogP contribution in [0.2, 0.25) is 0 Å². The number of pyridine rings is 1. The molecule has 1 aliphatic carbocycles. The van der Waals surface area contributed by atoms with Crippen molar-refractivity contribution in [3.05, 3.63) is 29.8 Å². The average molecular weight is 250 g/mol. The first-order valence-electron chi connectivity index (χ1n) is 6.46. The van der Waals surface area contributed by atoms with Crippen molar-refractivity contribution in [2.45, 2.75) is 38.6 Å². The van der Waals surface area contributed by atoms with Gasteiger partial charge in [0, 0.05) is 19.3 Å². The lowest BCUT2D eigenvalue weighted by atomic mass is 9.86. The second-order valence-electron chi connectivity index (χ2n) is 5.20. The summed E-state index contributed by atoms with van der Waals surface area (Å²) in [7, 11) is 1.77. The van der Waals surface area contributed by atoms with Crippen LogP contribution in [0.15, 0.2) is 18.5 Å². The van der Waals surface area contributed by atoms with Crippen LogP contribution in [-0.4, -0.2) is 28.9 Å². The Balaban J connectivity index is 2.11. The van der Waals surface area contributed by atoms with Gasteiger partial charge in [-0.1, -0.05) is 19.8 Å². The van der Waals surface area contributed by atoms with Crippen molar-refractivity contribution in [1.82, 2.24) is 9.88 Å². The van der Waals surface area contributed by atoms with Crippen LogP contribution in [0, 0.1) is 11.7 Å². The number of halogens is 1. The van der Waals surface area contributed by atoms with Crippen molar-refractivity contribution < 1.29 is 9.18 Å². The Bertz CT molecular complexity index is 436. The SMILES string of the molecule is CC1CCCC(N(C)C(=O)c2ccncc2F)C1. The fourth-order valence-electron chi connectivity index (χ4n) is 2.66. The molecule has 0 aromatic carbocycles. The molecule has 1 aliphatic rings. The van der Waals surface area contributed by atoms with Gasteiger partial charge in [-0.3, -0.25) is 9.78 Å². The van der Waals surface area contributed by atoms with Gasteiger partial charge in [0.05, 0.1) is 11.8 Å². The zero-order valence-electron chi connectivity index (χ0n) is 10.9. The third-order valence-electron chi connectivity index (χ3n) is 3.78. The lowest BCUT2D eigenvalue weighted by molar-refractivity contribution is 0.0667. The van der Waals surface area contributed by atoms with Gasteiger partial charge in [-0.2, -0.15) is 0 Å². The monoisotopic (exact) mass is 250 g/mol. The quantitative estimate of drug-likeness (QED) is 0.808. The molecule has 18 heavy (non-hydrogen) atoms. The molecule has 4 heteroatoms. The van der Waals surface area contributed by atoms with Crippen molar-refractivity contribution in [3.63, 3.8) is 0 Å². The molecule has 0 spiro atoms. The van der Waals surface area contributed by atoms with Crippen molar-refractivity contribution in [1.29, 1.82) is 0 Å². The molecule has 3 nitrogen and oxygen atoms in total. The van der Waals surface area contributed by atoms with Crippen LogP contribution in [0.25, 0.3) is 0 Å². The zero-order valence-corrected chi connectivity index (χ0v) is 10.9. The maximum atomic E-state index is 13.5. The van der Waals surface area contributed by atoms with Gasteiger partial charge < -0.3 is 4.90 Å². The molecule has 98 valence electrons. The van der Waals surface area contributed by atoms with E-state index in [0.717, 1.165) is 25.5 Å². The minimum atomic E-state index is -0.543. The molecule has 1 aromatic rings. The second kappa shape index (κ2) is 5.46. The summed E-state index contributed by atoms with van der Waals surface area (Å²) in [4.78, 5) is 17.6. The summed E-state index contributed by atoms with van der Waals surface area (Å²) < 4.78 is 13.5. The molecule has 1 aromatic heterocycles. The largest absolute Gasteiger partial charge is 0.339 e. The number of carbonyl (C=O) groups is 1. The summed E-state index contributed by atoms with van der Waals surface area (Å²) >= 11 is 0. The summed E-state index contributed by atoms with van der Waals surface area (Å²) in [5.41, 5.74) is 0.116. The number of amides is 1. The fraction of sp³-hybridized carbons (Fsp3) is 0.571. The van der Waals surface area contributed by atoms with Gasteiger partial charge in [0.15, 0.2) is 5.82 Å². The van der Waals surface area contributed by atoms with Crippen LogP contribution >= 0.6 is 0 Å². The first-order chi connectivity index (χ1) is 8.59. The number of nitrogens with zero attached hydrogens (tertiary/aromatic N) is 2. The molecule has 0 saturated heterocycles. The maximum Gasteiger partial charge on any atom is 0.256 e. The van der Waals surface area contributed by atoms with Gasteiger partial charge in [-0.25, -0.2) is 4.39 Å². The van der Waals surface area contributed by atoms with Crippen LogP contribution in [0.1, 0.15) is 43.0 Å². The molecule has 1 heterocycles. The molecular weight excluding hydrogens is 231 g/mol. The summed E-state index contributed by atoms with van der Waals surface area (Å²) in [6, 6.07) is 1.68. The van der Waals surface area contributed by atoms with Gasteiger partial charge in [-0.15, -0.1) is 0 Å². The predicted octanol–water partition coefficient (Wildman–Crippen LogP) is 2.87. The molecule has 2 rings (SSSR count). The number of hydrogen-bond acceptors (Lipinski definition) is 2. The van der Waals surface area contributed by atoms with E-state index in [4.69, 9.17) is 0 Å². The standard InChI is InChI=1S/C14H19FN2O/c1-10-4-3-5-11(8-10)17(2)14(18)12-6-7-16-9-13(12)15/h6-7,9-11H,3-5,8H2,1-2H3. The Morgan fingerprint density at radius 2 is 2.28 bits per heavy atom. The van der Waals surface area contributed by atoms with Crippen LogP contribution in [-0.2, 0) is 0 Å². The number of aromatic nitrogens is 1. The molecule has 2 unspecified atom stereocenters. The minimum absolute atomic E-state index is 0.116. The van der Waals surface area contributed by atoms with E-state index in [0.29, 0.717) is 5.92 Å². The molecule has 2 atom stereocenters. The zero-order chi connectivity index (χ0) is 13.1. The van der Waals surface area contributed by atoms with Gasteiger partial charge >= 0.3 is 0 Å². The van der Waals surface area contributed by atoms with E-state index < -0.39 is 5.82 Å². The Kier molecular flexibility index (Phi) is 3.94. The van der Waals surface area contributed by atoms with Crippen molar-refractivity contribution in [3.8, 4) is 0 Å². The molecule has 0 radical (unpaired) electrons. The van der Waals surface area contributed by atoms with E-state index in [2.05, 4.69) is 11.9 Å². The third-order valence-corrected chi connectivity index (χ3v) is 3.78. The number of carbonyl (C=O) groups excluding carboxylic acids is 1. The van der Waals surface area contributed by atoms with Gasteiger partial charge in [0.2, 0.25) is 0 Å². The predicted molar refractivity (Wildman–Crippen MR) is 67.7 cm³/mol. The smallest absolute Gasteiger partial charge is 0.256 e. The van der Waals surface area contributed by atoms with Crippen molar-refractivity contribution in [2.75, 3.05) is 7.05 Å². The van der Waals surface area contributed by atoms with E-state index in [1.54, 1.807) is 11.9 Å². The summed E-state index contributed by atoms with van der Waals surface area (Å²) in [6.45, 7) is 2.21. The Labute approximate surface area is 107 Å².